The van der Waals surface area contributed by atoms with Crippen LogP contribution in [0.2, 0.25) is 0 Å². The molecule has 0 N–H and O–H groups in total. The van der Waals surface area contributed by atoms with Gasteiger partial charge in [0.2, 0.25) is 5.90 Å². The average Bonchev–Trinajstić information content (AvgIpc) is 2.89. The van der Waals surface area contributed by atoms with Crippen LogP contribution in [0.3, 0.4) is 0 Å². The molecule has 0 bridgehead atoms. The first-order chi connectivity index (χ1) is 11.1. The van der Waals surface area contributed by atoms with Gasteiger partial charge in [0.15, 0.2) is 5.70 Å². The normalized spacial score (nSPS) is 15.5. The Hall–Kier alpha value is -1.92. The van der Waals surface area contributed by atoms with Gasteiger partial charge in [0.25, 0.3) is 0 Å². The Labute approximate surface area is 150 Å². The van der Waals surface area contributed by atoms with E-state index in [2.05, 4.69) is 36.9 Å². The van der Waals surface area contributed by atoms with Crippen LogP contribution >= 0.6 is 31.9 Å². The van der Waals surface area contributed by atoms with Crippen molar-refractivity contribution in [1.29, 1.82) is 0 Å². The van der Waals surface area contributed by atoms with E-state index >= 15 is 0 Å². The molecule has 2 aromatic carbocycles. The zero-order valence-electron chi connectivity index (χ0n) is 12.0. The Morgan fingerprint density at radius 1 is 1.13 bits per heavy atom. The number of benzene rings is 2. The van der Waals surface area contributed by atoms with E-state index in [9.17, 15) is 4.79 Å². The number of cyclic esters (lactones) is 1. The number of halogens is 2. The lowest BCUT2D eigenvalue weighted by Crippen LogP contribution is -2.05. The van der Waals surface area contributed by atoms with Gasteiger partial charge < -0.3 is 9.47 Å². The second kappa shape index (κ2) is 6.68. The molecule has 0 aliphatic carbocycles. The molecule has 0 unspecified atom stereocenters. The van der Waals surface area contributed by atoms with Crippen molar-refractivity contribution in [3.8, 4) is 5.75 Å². The molecule has 116 valence electrons. The van der Waals surface area contributed by atoms with E-state index in [0.717, 1.165) is 20.1 Å². The molecular weight excluding hydrogens is 426 g/mol. The number of ether oxygens (including phenoxy) is 2. The van der Waals surface area contributed by atoms with Crippen molar-refractivity contribution in [1.82, 2.24) is 0 Å². The molecule has 1 aliphatic rings. The molecule has 1 aliphatic heterocycles. The molecule has 23 heavy (non-hydrogen) atoms. The highest BCUT2D eigenvalue weighted by atomic mass is 79.9. The minimum Gasteiger partial charge on any atom is -0.496 e. The van der Waals surface area contributed by atoms with Crippen molar-refractivity contribution < 1.29 is 14.3 Å². The Bertz CT molecular complexity index is 843. The van der Waals surface area contributed by atoms with Crippen molar-refractivity contribution >= 4 is 49.8 Å². The molecular formula is C17H11Br2NO3. The first-order valence-electron chi connectivity index (χ1n) is 6.69. The zero-order valence-corrected chi connectivity index (χ0v) is 15.2. The molecule has 1 heterocycles. The molecule has 0 spiro atoms. The molecule has 0 saturated heterocycles. The Morgan fingerprint density at radius 3 is 2.65 bits per heavy atom. The van der Waals surface area contributed by atoms with Crippen LogP contribution < -0.4 is 4.74 Å². The second-order valence-electron chi connectivity index (χ2n) is 4.73. The summed E-state index contributed by atoms with van der Waals surface area (Å²) < 4.78 is 12.3. The topological polar surface area (TPSA) is 47.9 Å². The van der Waals surface area contributed by atoms with Gasteiger partial charge in [0, 0.05) is 20.1 Å². The van der Waals surface area contributed by atoms with Gasteiger partial charge in [-0.05, 0) is 42.5 Å². The first-order valence-corrected chi connectivity index (χ1v) is 8.27. The molecule has 0 atom stereocenters. The number of carbonyl (C=O) groups is 1. The quantitative estimate of drug-likeness (QED) is 0.523. The summed E-state index contributed by atoms with van der Waals surface area (Å²) >= 11 is 6.79. The summed E-state index contributed by atoms with van der Waals surface area (Å²) in [5, 5.41) is 0. The summed E-state index contributed by atoms with van der Waals surface area (Å²) in [7, 11) is 1.58. The van der Waals surface area contributed by atoms with Crippen LogP contribution in [0, 0.1) is 0 Å². The third-order valence-corrected chi connectivity index (χ3v) is 4.16. The monoisotopic (exact) mass is 435 g/mol. The lowest BCUT2D eigenvalue weighted by Gasteiger charge is -2.04. The zero-order chi connectivity index (χ0) is 16.4. The maximum Gasteiger partial charge on any atom is 0.363 e. The third-order valence-electron chi connectivity index (χ3n) is 3.18. The molecule has 0 saturated carbocycles. The summed E-state index contributed by atoms with van der Waals surface area (Å²) in [6, 6.07) is 13.0. The lowest BCUT2D eigenvalue weighted by atomic mass is 10.1. The van der Waals surface area contributed by atoms with Crippen LogP contribution in [0.1, 0.15) is 11.1 Å². The second-order valence-corrected chi connectivity index (χ2v) is 6.56. The highest BCUT2D eigenvalue weighted by Crippen LogP contribution is 2.27. The SMILES string of the molecule is COc1ccc(Br)cc1/C=C1\N=C(c2cccc(Br)c2)OC1=O. The van der Waals surface area contributed by atoms with E-state index in [0.29, 0.717) is 5.75 Å². The van der Waals surface area contributed by atoms with Gasteiger partial charge in [-0.25, -0.2) is 9.79 Å². The Kier molecular flexibility index (Phi) is 4.63. The number of hydrogen-bond donors (Lipinski definition) is 0. The van der Waals surface area contributed by atoms with E-state index in [1.54, 1.807) is 13.2 Å². The fourth-order valence-corrected chi connectivity index (χ4v) is 2.90. The highest BCUT2D eigenvalue weighted by Gasteiger charge is 2.24. The van der Waals surface area contributed by atoms with Crippen molar-refractivity contribution in [3.63, 3.8) is 0 Å². The minimum absolute atomic E-state index is 0.233. The molecule has 2 aromatic rings. The molecule has 0 aromatic heterocycles. The van der Waals surface area contributed by atoms with E-state index in [1.807, 2.05) is 42.5 Å². The molecule has 4 nitrogen and oxygen atoms in total. The van der Waals surface area contributed by atoms with Crippen LogP contribution in [0.15, 0.2) is 62.1 Å². The van der Waals surface area contributed by atoms with Crippen molar-refractivity contribution in [2.45, 2.75) is 0 Å². The van der Waals surface area contributed by atoms with Crippen molar-refractivity contribution in [3.05, 3.63) is 68.2 Å². The predicted molar refractivity (Wildman–Crippen MR) is 95.4 cm³/mol. The fraction of sp³-hybridized carbons (Fsp3) is 0.0588. The smallest absolute Gasteiger partial charge is 0.363 e. The number of esters is 1. The maximum absolute atomic E-state index is 12.1. The standard InChI is InChI=1S/C17H11Br2NO3/c1-22-15-6-5-13(19)8-11(15)9-14-17(21)23-16(20-14)10-3-2-4-12(18)7-10/h2-9H,1H3/b14-9-. The van der Waals surface area contributed by atoms with Crippen molar-refractivity contribution in [2.24, 2.45) is 4.99 Å². The number of nitrogens with zero attached hydrogens (tertiary/aromatic N) is 1. The fourth-order valence-electron chi connectivity index (χ4n) is 2.12. The van der Waals surface area contributed by atoms with Gasteiger partial charge in [0.05, 0.1) is 7.11 Å². The molecule has 6 heteroatoms. The van der Waals surface area contributed by atoms with E-state index < -0.39 is 5.97 Å². The Balaban J connectivity index is 2.00. The largest absolute Gasteiger partial charge is 0.496 e. The Morgan fingerprint density at radius 2 is 1.91 bits per heavy atom. The van der Waals surface area contributed by atoms with Gasteiger partial charge >= 0.3 is 5.97 Å². The van der Waals surface area contributed by atoms with Gasteiger partial charge in [-0.3, -0.25) is 0 Å². The maximum atomic E-state index is 12.1. The van der Waals surface area contributed by atoms with Crippen LogP contribution in [0.4, 0.5) is 0 Å². The molecule has 0 amide bonds. The summed E-state index contributed by atoms with van der Waals surface area (Å²) in [6.07, 6.45) is 1.65. The number of hydrogen-bond acceptors (Lipinski definition) is 4. The van der Waals surface area contributed by atoms with Crippen LogP contribution in [0.25, 0.3) is 6.08 Å². The summed E-state index contributed by atoms with van der Waals surface area (Å²) in [5.74, 6) is 0.457. The van der Waals surface area contributed by atoms with Gasteiger partial charge in [-0.15, -0.1) is 0 Å². The predicted octanol–water partition coefficient (Wildman–Crippen LogP) is 4.56. The van der Waals surface area contributed by atoms with Gasteiger partial charge in [0.1, 0.15) is 5.75 Å². The van der Waals surface area contributed by atoms with E-state index in [-0.39, 0.29) is 11.6 Å². The number of rotatable bonds is 3. The summed E-state index contributed by atoms with van der Waals surface area (Å²) in [5.41, 5.74) is 1.71. The molecule has 0 radical (unpaired) electrons. The first kappa shape index (κ1) is 16.0. The third kappa shape index (κ3) is 3.54. The van der Waals surface area contributed by atoms with Gasteiger partial charge in [-0.1, -0.05) is 37.9 Å². The number of carbonyl (C=O) groups excluding carboxylic acids is 1. The van der Waals surface area contributed by atoms with E-state index in [4.69, 9.17) is 9.47 Å². The summed E-state index contributed by atoms with van der Waals surface area (Å²) in [4.78, 5) is 16.4. The number of aliphatic imine (C=N–C) groups is 1. The average molecular weight is 437 g/mol. The molecule has 3 rings (SSSR count). The lowest BCUT2D eigenvalue weighted by molar-refractivity contribution is -0.129. The van der Waals surface area contributed by atoms with Crippen LogP contribution in [-0.4, -0.2) is 19.0 Å². The van der Waals surface area contributed by atoms with Gasteiger partial charge in [-0.2, -0.15) is 0 Å². The van der Waals surface area contributed by atoms with E-state index in [1.165, 1.54) is 0 Å². The number of methoxy groups -OCH3 is 1. The van der Waals surface area contributed by atoms with Crippen LogP contribution in [-0.2, 0) is 9.53 Å². The molecule has 0 fully saturated rings. The highest BCUT2D eigenvalue weighted by molar-refractivity contribution is 9.10. The van der Waals surface area contributed by atoms with Crippen molar-refractivity contribution in [2.75, 3.05) is 7.11 Å². The summed E-state index contributed by atoms with van der Waals surface area (Å²) in [6.45, 7) is 0. The minimum atomic E-state index is -0.484. The van der Waals surface area contributed by atoms with Crippen LogP contribution in [0.5, 0.6) is 5.75 Å².